The first-order chi connectivity index (χ1) is 11.0. The number of aryl methyl sites for hydroxylation is 2. The second-order valence-electron chi connectivity index (χ2n) is 5.45. The van der Waals surface area contributed by atoms with Gasteiger partial charge in [0.05, 0.1) is 11.4 Å². The van der Waals surface area contributed by atoms with E-state index in [0.29, 0.717) is 11.5 Å². The van der Waals surface area contributed by atoms with Gasteiger partial charge in [-0.2, -0.15) is 0 Å². The van der Waals surface area contributed by atoms with Gasteiger partial charge < -0.3 is 5.32 Å². The lowest BCUT2D eigenvalue weighted by Gasteiger charge is -2.07. The van der Waals surface area contributed by atoms with Crippen LogP contribution in [-0.4, -0.2) is 25.9 Å². The molecule has 6 heteroatoms. The number of benzene rings is 1. The quantitative estimate of drug-likeness (QED) is 0.807. The van der Waals surface area contributed by atoms with Crippen molar-refractivity contribution >= 4 is 11.7 Å². The molecule has 0 bridgehead atoms. The summed E-state index contributed by atoms with van der Waals surface area (Å²) in [5.41, 5.74) is 4.13. The lowest BCUT2D eigenvalue weighted by atomic mass is 10.1. The smallest absolute Gasteiger partial charge is 0.279 e. The van der Waals surface area contributed by atoms with Gasteiger partial charge in [-0.3, -0.25) is 4.79 Å². The SMILES string of the molecule is Cc1cc(C)cc(-n2nnc(C(=O)Nc3ccccn3)c2C)c1. The van der Waals surface area contributed by atoms with Gasteiger partial charge in [-0.25, -0.2) is 9.67 Å². The fourth-order valence-electron chi connectivity index (χ4n) is 2.47. The molecule has 1 N–H and O–H groups in total. The average molecular weight is 307 g/mol. The standard InChI is InChI=1S/C17H17N5O/c1-11-8-12(2)10-14(9-11)22-13(3)16(20-21-22)17(23)19-15-6-4-5-7-18-15/h4-10H,1-3H3,(H,18,19,23). The summed E-state index contributed by atoms with van der Waals surface area (Å²) in [6, 6.07) is 11.4. The molecule has 0 aliphatic heterocycles. The topological polar surface area (TPSA) is 72.7 Å². The molecule has 2 aromatic heterocycles. The van der Waals surface area contributed by atoms with Crippen LogP contribution in [0.25, 0.3) is 5.69 Å². The van der Waals surface area contributed by atoms with E-state index in [9.17, 15) is 4.79 Å². The first kappa shape index (κ1) is 14.9. The molecule has 0 saturated carbocycles. The number of aromatic nitrogens is 4. The molecule has 6 nitrogen and oxygen atoms in total. The van der Waals surface area contributed by atoms with Crippen LogP contribution in [0.2, 0.25) is 0 Å². The maximum Gasteiger partial charge on any atom is 0.279 e. The van der Waals surface area contributed by atoms with Gasteiger partial charge >= 0.3 is 0 Å². The van der Waals surface area contributed by atoms with Gasteiger partial charge in [-0.05, 0) is 56.2 Å². The number of anilines is 1. The number of hydrogen-bond donors (Lipinski definition) is 1. The second kappa shape index (κ2) is 6.00. The summed E-state index contributed by atoms with van der Waals surface area (Å²) in [7, 11) is 0. The lowest BCUT2D eigenvalue weighted by Crippen LogP contribution is -2.15. The maximum atomic E-state index is 12.3. The first-order valence-electron chi connectivity index (χ1n) is 7.28. The highest BCUT2D eigenvalue weighted by Crippen LogP contribution is 2.16. The molecule has 0 radical (unpaired) electrons. The third kappa shape index (κ3) is 3.11. The predicted octanol–water partition coefficient (Wildman–Crippen LogP) is 2.84. The molecule has 0 fully saturated rings. The molecule has 2 heterocycles. The Morgan fingerprint density at radius 1 is 1.09 bits per heavy atom. The normalized spacial score (nSPS) is 10.6. The molecule has 0 unspecified atom stereocenters. The van der Waals surface area contributed by atoms with E-state index >= 15 is 0 Å². The number of hydrogen-bond acceptors (Lipinski definition) is 4. The van der Waals surface area contributed by atoms with E-state index in [1.807, 2.05) is 39.0 Å². The molecular weight excluding hydrogens is 290 g/mol. The van der Waals surface area contributed by atoms with Crippen molar-refractivity contribution in [2.24, 2.45) is 0 Å². The number of rotatable bonds is 3. The van der Waals surface area contributed by atoms with Crippen LogP contribution in [-0.2, 0) is 0 Å². The van der Waals surface area contributed by atoms with E-state index in [4.69, 9.17) is 0 Å². The molecule has 0 atom stereocenters. The summed E-state index contributed by atoms with van der Waals surface area (Å²) in [6.07, 6.45) is 1.62. The Balaban J connectivity index is 1.91. The Bertz CT molecular complexity index is 834. The van der Waals surface area contributed by atoms with E-state index in [-0.39, 0.29) is 11.6 Å². The fourth-order valence-corrected chi connectivity index (χ4v) is 2.47. The zero-order chi connectivity index (χ0) is 16.4. The summed E-state index contributed by atoms with van der Waals surface area (Å²) in [6.45, 7) is 5.87. The fraction of sp³-hybridized carbons (Fsp3) is 0.176. The number of nitrogens with one attached hydrogen (secondary N) is 1. The van der Waals surface area contributed by atoms with Crippen molar-refractivity contribution in [2.45, 2.75) is 20.8 Å². The lowest BCUT2D eigenvalue weighted by molar-refractivity contribution is 0.102. The number of carbonyl (C=O) groups is 1. The Hall–Kier alpha value is -3.02. The van der Waals surface area contributed by atoms with Crippen LogP contribution in [0.15, 0.2) is 42.6 Å². The number of nitrogens with zero attached hydrogens (tertiary/aromatic N) is 4. The highest BCUT2D eigenvalue weighted by atomic mass is 16.2. The number of pyridine rings is 1. The van der Waals surface area contributed by atoms with Crippen LogP contribution in [0.4, 0.5) is 5.82 Å². The Kier molecular flexibility index (Phi) is 3.89. The molecule has 0 saturated heterocycles. The number of carbonyl (C=O) groups excluding carboxylic acids is 1. The molecule has 1 aromatic carbocycles. The minimum atomic E-state index is -0.322. The first-order valence-corrected chi connectivity index (χ1v) is 7.28. The van der Waals surface area contributed by atoms with Crippen LogP contribution in [0.1, 0.15) is 27.3 Å². The molecule has 0 spiro atoms. The summed E-state index contributed by atoms with van der Waals surface area (Å²) >= 11 is 0. The largest absolute Gasteiger partial charge is 0.305 e. The van der Waals surface area contributed by atoms with Gasteiger partial charge in [0.15, 0.2) is 5.69 Å². The molecule has 0 aliphatic carbocycles. The van der Waals surface area contributed by atoms with Gasteiger partial charge in [-0.1, -0.05) is 17.3 Å². The minimum absolute atomic E-state index is 0.287. The van der Waals surface area contributed by atoms with Gasteiger partial charge in [0.25, 0.3) is 5.91 Å². The summed E-state index contributed by atoms with van der Waals surface area (Å²) in [5, 5.41) is 10.9. The molecule has 3 aromatic rings. The molecule has 3 rings (SSSR count). The van der Waals surface area contributed by atoms with Crippen molar-refractivity contribution < 1.29 is 4.79 Å². The molecule has 23 heavy (non-hydrogen) atoms. The van der Waals surface area contributed by atoms with Crippen molar-refractivity contribution in [1.82, 2.24) is 20.0 Å². The molecular formula is C17H17N5O. The molecule has 0 aliphatic rings. The van der Waals surface area contributed by atoms with Crippen molar-refractivity contribution in [3.63, 3.8) is 0 Å². The van der Waals surface area contributed by atoms with E-state index in [1.54, 1.807) is 23.0 Å². The van der Waals surface area contributed by atoms with Crippen molar-refractivity contribution in [1.29, 1.82) is 0 Å². The van der Waals surface area contributed by atoms with Gasteiger partial charge in [-0.15, -0.1) is 5.10 Å². The number of amides is 1. The van der Waals surface area contributed by atoms with Gasteiger partial charge in [0.2, 0.25) is 0 Å². The third-order valence-corrected chi connectivity index (χ3v) is 3.47. The third-order valence-electron chi connectivity index (χ3n) is 3.47. The van der Waals surface area contributed by atoms with E-state index in [2.05, 4.69) is 26.7 Å². The molecule has 1 amide bonds. The molecule has 116 valence electrons. The van der Waals surface area contributed by atoms with Crippen LogP contribution < -0.4 is 5.32 Å². The van der Waals surface area contributed by atoms with Crippen molar-refractivity contribution in [2.75, 3.05) is 5.32 Å². The zero-order valence-electron chi connectivity index (χ0n) is 13.2. The highest BCUT2D eigenvalue weighted by Gasteiger charge is 2.18. The predicted molar refractivity (Wildman–Crippen MR) is 87.8 cm³/mol. The maximum absolute atomic E-state index is 12.3. The van der Waals surface area contributed by atoms with Crippen LogP contribution in [0.3, 0.4) is 0 Å². The van der Waals surface area contributed by atoms with E-state index < -0.39 is 0 Å². The summed E-state index contributed by atoms with van der Waals surface area (Å²) in [4.78, 5) is 16.4. The van der Waals surface area contributed by atoms with Gasteiger partial charge in [0.1, 0.15) is 5.82 Å². The summed E-state index contributed by atoms with van der Waals surface area (Å²) < 4.78 is 1.67. The Labute approximate surface area is 134 Å². The second-order valence-corrected chi connectivity index (χ2v) is 5.45. The van der Waals surface area contributed by atoms with E-state index in [0.717, 1.165) is 16.8 Å². The van der Waals surface area contributed by atoms with Crippen LogP contribution >= 0.6 is 0 Å². The summed E-state index contributed by atoms with van der Waals surface area (Å²) in [5.74, 6) is 0.162. The van der Waals surface area contributed by atoms with E-state index in [1.165, 1.54) is 0 Å². The Morgan fingerprint density at radius 3 is 2.48 bits per heavy atom. The highest BCUT2D eigenvalue weighted by molar-refractivity contribution is 6.03. The van der Waals surface area contributed by atoms with Crippen molar-refractivity contribution in [3.05, 3.63) is 65.1 Å². The zero-order valence-corrected chi connectivity index (χ0v) is 13.2. The monoisotopic (exact) mass is 307 g/mol. The van der Waals surface area contributed by atoms with Crippen LogP contribution in [0, 0.1) is 20.8 Å². The minimum Gasteiger partial charge on any atom is -0.305 e. The van der Waals surface area contributed by atoms with Gasteiger partial charge in [0, 0.05) is 6.20 Å². The van der Waals surface area contributed by atoms with Crippen LogP contribution in [0.5, 0.6) is 0 Å². The van der Waals surface area contributed by atoms with Crippen molar-refractivity contribution in [3.8, 4) is 5.69 Å². The Morgan fingerprint density at radius 2 is 1.83 bits per heavy atom. The average Bonchev–Trinajstić information content (AvgIpc) is 2.89.